The Balaban J connectivity index is 2.53. The number of nitrogen functional groups attached to an aromatic ring is 1. The molecule has 1 saturated heterocycles. The summed E-state index contributed by atoms with van der Waals surface area (Å²) >= 11 is 6.37. The molecule has 21 heavy (non-hydrogen) atoms. The van der Waals surface area contributed by atoms with E-state index in [0.29, 0.717) is 48.3 Å². The predicted molar refractivity (Wildman–Crippen MR) is 84.1 cm³/mol. The van der Waals surface area contributed by atoms with Crippen molar-refractivity contribution in [2.24, 2.45) is 0 Å². The Kier molecular flexibility index (Phi) is 4.64. The Labute approximate surface area is 130 Å². The van der Waals surface area contributed by atoms with Gasteiger partial charge in [-0.15, -0.1) is 0 Å². The van der Waals surface area contributed by atoms with E-state index in [0.717, 1.165) is 0 Å². The first-order valence-electron chi connectivity index (χ1n) is 6.98. The van der Waals surface area contributed by atoms with Crippen molar-refractivity contribution < 1.29 is 14.3 Å². The number of halogens is 1. The number of anilines is 2. The number of carbonyl (C=O) groups is 1. The van der Waals surface area contributed by atoms with Gasteiger partial charge in [0.15, 0.2) is 0 Å². The number of nitrogens with zero attached hydrogens (tertiary/aromatic N) is 1. The maximum atomic E-state index is 12.2. The number of rotatable bonds is 3. The second kappa shape index (κ2) is 6.12. The molecule has 0 bridgehead atoms. The average Bonchev–Trinajstić information content (AvgIpc) is 2.39. The Morgan fingerprint density at radius 2 is 2.24 bits per heavy atom. The van der Waals surface area contributed by atoms with E-state index in [1.54, 1.807) is 19.1 Å². The van der Waals surface area contributed by atoms with Gasteiger partial charge >= 0.3 is 5.97 Å². The van der Waals surface area contributed by atoms with Crippen molar-refractivity contribution in [1.29, 1.82) is 0 Å². The fourth-order valence-electron chi connectivity index (χ4n) is 2.53. The molecule has 1 aliphatic heterocycles. The van der Waals surface area contributed by atoms with E-state index in [2.05, 4.69) is 4.90 Å². The largest absolute Gasteiger partial charge is 0.462 e. The van der Waals surface area contributed by atoms with Crippen LogP contribution in [0.2, 0.25) is 5.02 Å². The van der Waals surface area contributed by atoms with Gasteiger partial charge in [0.05, 0.1) is 41.6 Å². The molecule has 1 aliphatic rings. The Bertz CT molecular complexity index is 546. The number of nitrogens with two attached hydrogens (primary N) is 1. The van der Waals surface area contributed by atoms with Gasteiger partial charge in [0.25, 0.3) is 0 Å². The maximum absolute atomic E-state index is 12.2. The molecule has 0 atom stereocenters. The van der Waals surface area contributed by atoms with Crippen LogP contribution in [0, 0.1) is 0 Å². The van der Waals surface area contributed by atoms with Crippen LogP contribution in [0.4, 0.5) is 11.4 Å². The van der Waals surface area contributed by atoms with Crippen LogP contribution in [-0.2, 0) is 9.47 Å². The number of morpholine rings is 1. The highest BCUT2D eigenvalue weighted by Gasteiger charge is 2.34. The summed E-state index contributed by atoms with van der Waals surface area (Å²) in [6, 6.07) is 3.27. The zero-order valence-corrected chi connectivity index (χ0v) is 13.4. The van der Waals surface area contributed by atoms with E-state index in [1.807, 2.05) is 13.8 Å². The number of hydrogen-bond acceptors (Lipinski definition) is 5. The molecule has 0 radical (unpaired) electrons. The summed E-state index contributed by atoms with van der Waals surface area (Å²) in [5.74, 6) is -0.413. The molecule has 1 aromatic carbocycles. The van der Waals surface area contributed by atoms with Crippen molar-refractivity contribution in [2.45, 2.75) is 26.3 Å². The third-order valence-electron chi connectivity index (χ3n) is 3.50. The smallest absolute Gasteiger partial charge is 0.340 e. The van der Waals surface area contributed by atoms with Crippen LogP contribution >= 0.6 is 11.6 Å². The molecule has 6 heteroatoms. The second-order valence-corrected chi connectivity index (χ2v) is 6.04. The zero-order valence-electron chi connectivity index (χ0n) is 12.6. The van der Waals surface area contributed by atoms with E-state index < -0.39 is 5.97 Å². The molecular formula is C15H21ClN2O3. The molecule has 2 rings (SSSR count). The molecule has 1 aromatic rings. The lowest BCUT2D eigenvalue weighted by Gasteiger charge is -2.44. The fraction of sp³-hybridized carbons (Fsp3) is 0.533. The Morgan fingerprint density at radius 3 is 2.86 bits per heavy atom. The van der Waals surface area contributed by atoms with Crippen LogP contribution in [0.1, 0.15) is 31.1 Å². The van der Waals surface area contributed by atoms with Crippen LogP contribution in [0.3, 0.4) is 0 Å². The highest BCUT2D eigenvalue weighted by atomic mass is 35.5. The highest BCUT2D eigenvalue weighted by molar-refractivity contribution is 6.34. The summed E-state index contributed by atoms with van der Waals surface area (Å²) < 4.78 is 10.6. The van der Waals surface area contributed by atoms with E-state index in [-0.39, 0.29) is 5.54 Å². The van der Waals surface area contributed by atoms with Crippen molar-refractivity contribution in [2.75, 3.05) is 37.0 Å². The minimum Gasteiger partial charge on any atom is -0.462 e. The van der Waals surface area contributed by atoms with Gasteiger partial charge in [-0.3, -0.25) is 0 Å². The first-order chi connectivity index (χ1) is 9.86. The molecule has 2 N–H and O–H groups in total. The average molecular weight is 313 g/mol. The fourth-order valence-corrected chi connectivity index (χ4v) is 2.86. The maximum Gasteiger partial charge on any atom is 0.340 e. The molecule has 5 nitrogen and oxygen atoms in total. The standard InChI is InChI=1S/C15H21ClN2O3/c1-4-21-14(19)11-7-10(17)8-12(16)13(11)18-5-6-20-9-15(18,2)3/h7-8H,4-6,9,17H2,1-3H3. The number of esters is 1. The normalized spacial score (nSPS) is 17.6. The lowest BCUT2D eigenvalue weighted by Crippen LogP contribution is -2.53. The summed E-state index contributed by atoms with van der Waals surface area (Å²) in [5.41, 5.74) is 7.07. The van der Waals surface area contributed by atoms with Crippen molar-refractivity contribution in [1.82, 2.24) is 0 Å². The minimum atomic E-state index is -0.413. The van der Waals surface area contributed by atoms with Crippen LogP contribution in [0.5, 0.6) is 0 Å². The van der Waals surface area contributed by atoms with Crippen LogP contribution in [-0.4, -0.2) is 37.9 Å². The first-order valence-corrected chi connectivity index (χ1v) is 7.36. The summed E-state index contributed by atoms with van der Waals surface area (Å²) in [6.45, 7) is 7.98. The summed E-state index contributed by atoms with van der Waals surface area (Å²) in [5, 5.41) is 0.452. The molecule has 0 amide bonds. The first kappa shape index (κ1) is 15.9. The van der Waals surface area contributed by atoms with Gasteiger partial charge < -0.3 is 20.1 Å². The molecule has 116 valence electrons. The molecule has 0 saturated carbocycles. The molecule has 0 aliphatic carbocycles. The monoisotopic (exact) mass is 312 g/mol. The third-order valence-corrected chi connectivity index (χ3v) is 3.78. The predicted octanol–water partition coefficient (Wildman–Crippen LogP) is 2.71. The van der Waals surface area contributed by atoms with Crippen LogP contribution < -0.4 is 10.6 Å². The van der Waals surface area contributed by atoms with Crippen molar-refractivity contribution in [3.63, 3.8) is 0 Å². The SMILES string of the molecule is CCOC(=O)c1cc(N)cc(Cl)c1N1CCOCC1(C)C. The lowest BCUT2D eigenvalue weighted by molar-refractivity contribution is 0.0519. The quantitative estimate of drug-likeness (QED) is 0.686. The van der Waals surface area contributed by atoms with Gasteiger partial charge in [0.2, 0.25) is 0 Å². The van der Waals surface area contributed by atoms with Crippen molar-refractivity contribution in [3.05, 3.63) is 22.7 Å². The van der Waals surface area contributed by atoms with Crippen molar-refractivity contribution in [3.8, 4) is 0 Å². The summed E-state index contributed by atoms with van der Waals surface area (Å²) in [7, 11) is 0. The van der Waals surface area contributed by atoms with E-state index in [1.165, 1.54) is 0 Å². The number of carbonyl (C=O) groups excluding carboxylic acids is 1. The summed E-state index contributed by atoms with van der Waals surface area (Å²) in [6.07, 6.45) is 0. The van der Waals surface area contributed by atoms with E-state index in [4.69, 9.17) is 26.8 Å². The Hall–Kier alpha value is -1.46. The highest BCUT2D eigenvalue weighted by Crippen LogP contribution is 2.37. The van der Waals surface area contributed by atoms with Crippen LogP contribution in [0.15, 0.2) is 12.1 Å². The zero-order chi connectivity index (χ0) is 15.6. The molecular weight excluding hydrogens is 292 g/mol. The molecule has 0 spiro atoms. The van der Waals surface area contributed by atoms with Gasteiger partial charge in [0.1, 0.15) is 0 Å². The van der Waals surface area contributed by atoms with Gasteiger partial charge in [0, 0.05) is 12.2 Å². The van der Waals surface area contributed by atoms with Crippen molar-refractivity contribution >= 4 is 28.9 Å². The number of ether oxygens (including phenoxy) is 2. The topological polar surface area (TPSA) is 64.8 Å². The number of hydrogen-bond donors (Lipinski definition) is 1. The van der Waals surface area contributed by atoms with E-state index >= 15 is 0 Å². The van der Waals surface area contributed by atoms with Crippen LogP contribution in [0.25, 0.3) is 0 Å². The summed E-state index contributed by atoms with van der Waals surface area (Å²) in [4.78, 5) is 14.3. The molecule has 1 heterocycles. The molecule has 1 fully saturated rings. The van der Waals surface area contributed by atoms with Gasteiger partial charge in [-0.25, -0.2) is 4.79 Å². The third kappa shape index (κ3) is 3.24. The molecule has 0 aromatic heterocycles. The Morgan fingerprint density at radius 1 is 1.52 bits per heavy atom. The van der Waals surface area contributed by atoms with E-state index in [9.17, 15) is 4.79 Å². The minimum absolute atomic E-state index is 0.265. The van der Waals surface area contributed by atoms with Gasteiger partial charge in [-0.1, -0.05) is 11.6 Å². The lowest BCUT2D eigenvalue weighted by atomic mass is 9.99. The molecule has 0 unspecified atom stereocenters. The number of benzene rings is 1. The van der Waals surface area contributed by atoms with Gasteiger partial charge in [-0.2, -0.15) is 0 Å². The second-order valence-electron chi connectivity index (χ2n) is 5.64. The van der Waals surface area contributed by atoms with Gasteiger partial charge in [-0.05, 0) is 32.9 Å².